The van der Waals surface area contributed by atoms with Crippen molar-refractivity contribution in [3.8, 4) is 0 Å². The smallest absolute Gasteiger partial charge is 0.210 e. The first kappa shape index (κ1) is 6.23. The van der Waals surface area contributed by atoms with E-state index in [1.807, 2.05) is 0 Å². The van der Waals surface area contributed by atoms with Gasteiger partial charge in [-0.3, -0.25) is 4.34 Å². The first-order chi connectivity index (χ1) is 2.81. The molecule has 0 aliphatic rings. The SMILES string of the molecule is NC(=NBr)NBr. The van der Waals surface area contributed by atoms with Gasteiger partial charge < -0.3 is 5.73 Å². The van der Waals surface area contributed by atoms with Gasteiger partial charge in [-0.15, -0.1) is 0 Å². The fourth-order valence-corrected chi connectivity index (χ4v) is 0.431. The number of rotatable bonds is 0. The molecule has 0 saturated carbocycles. The summed E-state index contributed by atoms with van der Waals surface area (Å²) in [6, 6.07) is 0. The summed E-state index contributed by atoms with van der Waals surface area (Å²) in [6.07, 6.45) is 0. The lowest BCUT2D eigenvalue weighted by Crippen LogP contribution is -2.21. The Labute approximate surface area is 52.7 Å². The monoisotopic (exact) mass is 215 g/mol. The third-order valence-corrected chi connectivity index (χ3v) is 0.976. The molecule has 0 aromatic heterocycles. The summed E-state index contributed by atoms with van der Waals surface area (Å²) in [7, 11) is 0. The lowest BCUT2D eigenvalue weighted by atomic mass is 11.1. The Bertz CT molecular complexity index is 59.8. The zero-order valence-corrected chi connectivity index (χ0v) is 5.95. The van der Waals surface area contributed by atoms with Crippen molar-refractivity contribution in [2.45, 2.75) is 0 Å². The maximum Gasteiger partial charge on any atom is 0.210 e. The summed E-state index contributed by atoms with van der Waals surface area (Å²) >= 11 is 5.58. The third-order valence-electron chi connectivity index (χ3n) is 0.188. The van der Waals surface area contributed by atoms with Crippen molar-refractivity contribution in [1.82, 2.24) is 4.34 Å². The minimum absolute atomic E-state index is 0.301. The van der Waals surface area contributed by atoms with Crippen molar-refractivity contribution in [2.24, 2.45) is 9.75 Å². The van der Waals surface area contributed by atoms with Crippen LogP contribution in [-0.4, -0.2) is 5.96 Å². The second-order valence-electron chi connectivity index (χ2n) is 0.564. The Hall–Kier alpha value is 0.230. The predicted octanol–water partition coefficient (Wildman–Crippen LogP) is 0.511. The molecule has 0 unspecified atom stereocenters. The standard InChI is InChI=1S/CH3Br2N3/c2-5-1(4)6-3/h(H3,4,5,6). The number of hydrogen-bond donors (Lipinski definition) is 2. The van der Waals surface area contributed by atoms with E-state index < -0.39 is 0 Å². The largest absolute Gasteiger partial charge is 0.369 e. The highest BCUT2D eigenvalue weighted by Gasteiger charge is 1.75. The molecule has 0 rings (SSSR count). The first-order valence-electron chi connectivity index (χ1n) is 1.12. The van der Waals surface area contributed by atoms with Crippen LogP contribution in [-0.2, 0) is 0 Å². The van der Waals surface area contributed by atoms with Gasteiger partial charge in [-0.2, -0.15) is 4.02 Å². The van der Waals surface area contributed by atoms with Gasteiger partial charge in [0.1, 0.15) is 0 Å². The molecule has 3 nitrogen and oxygen atoms in total. The van der Waals surface area contributed by atoms with Crippen LogP contribution in [0, 0.1) is 0 Å². The number of hydrogen-bond acceptors (Lipinski definition) is 1. The maximum absolute atomic E-state index is 5.02. The number of guanidine groups is 1. The highest BCUT2D eigenvalue weighted by Crippen LogP contribution is 1.78. The predicted molar refractivity (Wildman–Crippen MR) is 32.6 cm³/mol. The zero-order chi connectivity index (χ0) is 4.99. The molecular formula is CH3Br2N3. The average Bonchev–Trinajstić information content (AvgIpc) is 1.65. The second kappa shape index (κ2) is 3.42. The molecule has 0 amide bonds. The molecular weight excluding hydrogens is 214 g/mol. The number of nitrogens with one attached hydrogen (secondary N) is 1. The molecule has 5 heteroatoms. The summed E-state index contributed by atoms with van der Waals surface area (Å²) < 4.78 is 5.76. The molecule has 0 aromatic carbocycles. The lowest BCUT2D eigenvalue weighted by molar-refractivity contribution is 1.46. The van der Waals surface area contributed by atoms with E-state index in [2.05, 4.69) is 40.7 Å². The Kier molecular flexibility index (Phi) is 3.55. The van der Waals surface area contributed by atoms with Crippen molar-refractivity contribution >= 4 is 38.3 Å². The van der Waals surface area contributed by atoms with Crippen LogP contribution in [0.1, 0.15) is 0 Å². The topological polar surface area (TPSA) is 50.4 Å². The number of nitrogens with two attached hydrogens (primary N) is 1. The van der Waals surface area contributed by atoms with Crippen LogP contribution < -0.4 is 10.1 Å². The van der Waals surface area contributed by atoms with Gasteiger partial charge in [0.15, 0.2) is 0 Å². The van der Waals surface area contributed by atoms with Gasteiger partial charge in [0.2, 0.25) is 5.96 Å². The molecule has 3 N–H and O–H groups in total. The number of halogens is 2. The minimum atomic E-state index is 0.301. The van der Waals surface area contributed by atoms with Crippen LogP contribution in [0.15, 0.2) is 4.02 Å². The molecule has 0 heterocycles. The van der Waals surface area contributed by atoms with E-state index in [1.54, 1.807) is 0 Å². The summed E-state index contributed by atoms with van der Waals surface area (Å²) in [5.41, 5.74) is 5.02. The van der Waals surface area contributed by atoms with Crippen LogP contribution in [0.5, 0.6) is 0 Å². The number of nitrogens with zero attached hydrogens (tertiary/aromatic N) is 1. The summed E-state index contributed by atoms with van der Waals surface area (Å²) in [6.45, 7) is 0. The van der Waals surface area contributed by atoms with E-state index in [0.717, 1.165) is 0 Å². The van der Waals surface area contributed by atoms with Gasteiger partial charge >= 0.3 is 0 Å². The first-order valence-corrected chi connectivity index (χ1v) is 2.62. The minimum Gasteiger partial charge on any atom is -0.369 e. The van der Waals surface area contributed by atoms with E-state index in [4.69, 9.17) is 5.73 Å². The van der Waals surface area contributed by atoms with Gasteiger partial charge in [-0.1, -0.05) is 0 Å². The van der Waals surface area contributed by atoms with Crippen molar-refractivity contribution in [2.75, 3.05) is 0 Å². The Morgan fingerprint density at radius 2 is 2.33 bits per heavy atom. The van der Waals surface area contributed by atoms with Crippen LogP contribution >= 0.6 is 32.3 Å². The van der Waals surface area contributed by atoms with Crippen molar-refractivity contribution in [3.05, 3.63) is 0 Å². The molecule has 0 aliphatic carbocycles. The van der Waals surface area contributed by atoms with Gasteiger partial charge in [0.25, 0.3) is 0 Å². The molecule has 36 valence electrons. The molecule has 6 heavy (non-hydrogen) atoms. The molecule has 0 fully saturated rings. The van der Waals surface area contributed by atoms with Crippen LogP contribution in [0.25, 0.3) is 0 Å². The molecule has 0 radical (unpaired) electrons. The highest BCUT2D eigenvalue weighted by molar-refractivity contribution is 9.08. The van der Waals surface area contributed by atoms with Crippen molar-refractivity contribution < 1.29 is 0 Å². The molecule has 0 aliphatic heterocycles. The zero-order valence-electron chi connectivity index (χ0n) is 2.78. The highest BCUT2D eigenvalue weighted by atomic mass is 79.9. The normalized spacial score (nSPS) is 11.3. The third kappa shape index (κ3) is 2.47. The average molecular weight is 217 g/mol. The van der Waals surface area contributed by atoms with E-state index >= 15 is 0 Å². The molecule has 0 saturated heterocycles. The molecule has 0 aromatic rings. The molecule has 0 bridgehead atoms. The van der Waals surface area contributed by atoms with Crippen LogP contribution in [0.3, 0.4) is 0 Å². The van der Waals surface area contributed by atoms with Crippen LogP contribution in [0.2, 0.25) is 0 Å². The Balaban J connectivity index is 3.22. The van der Waals surface area contributed by atoms with E-state index in [1.165, 1.54) is 0 Å². The summed E-state index contributed by atoms with van der Waals surface area (Å²) in [5, 5.41) is 0. The quantitative estimate of drug-likeness (QED) is 0.352. The van der Waals surface area contributed by atoms with Gasteiger partial charge in [0, 0.05) is 16.1 Å². The van der Waals surface area contributed by atoms with Gasteiger partial charge in [-0.25, -0.2) is 0 Å². The fourth-order valence-electron chi connectivity index (χ4n) is 0.0160. The van der Waals surface area contributed by atoms with E-state index in [9.17, 15) is 0 Å². The molecule has 0 spiro atoms. The lowest BCUT2D eigenvalue weighted by Gasteiger charge is -1.85. The molecule has 0 atom stereocenters. The van der Waals surface area contributed by atoms with E-state index in [-0.39, 0.29) is 0 Å². The second-order valence-corrected chi connectivity index (χ2v) is 1.32. The maximum atomic E-state index is 5.02. The van der Waals surface area contributed by atoms with Gasteiger partial charge in [0.05, 0.1) is 16.1 Å². The Morgan fingerprint density at radius 1 is 1.83 bits per heavy atom. The Morgan fingerprint density at radius 3 is 2.33 bits per heavy atom. The van der Waals surface area contributed by atoms with Crippen molar-refractivity contribution in [3.63, 3.8) is 0 Å². The summed E-state index contributed by atoms with van der Waals surface area (Å²) in [5.74, 6) is 0.301. The van der Waals surface area contributed by atoms with E-state index in [0.29, 0.717) is 5.96 Å². The van der Waals surface area contributed by atoms with Crippen LogP contribution in [0.4, 0.5) is 0 Å². The van der Waals surface area contributed by atoms with Gasteiger partial charge in [-0.05, 0) is 0 Å². The van der Waals surface area contributed by atoms with Crippen molar-refractivity contribution in [1.29, 1.82) is 0 Å². The fraction of sp³-hybridized carbons (Fsp3) is 0. The summed E-state index contributed by atoms with van der Waals surface area (Å²) in [4.78, 5) is 0.